The van der Waals surface area contributed by atoms with Crippen LogP contribution < -0.4 is 10.6 Å². The van der Waals surface area contributed by atoms with E-state index in [-0.39, 0.29) is 41.2 Å². The van der Waals surface area contributed by atoms with Gasteiger partial charge < -0.3 is 10.6 Å². The lowest BCUT2D eigenvalue weighted by atomic mass is 9.82. The van der Waals surface area contributed by atoms with E-state index in [1.165, 1.54) is 35.4 Å². The van der Waals surface area contributed by atoms with E-state index in [0.717, 1.165) is 6.07 Å². The number of carbonyl (C=O) groups is 3. The molecule has 5 heterocycles. The van der Waals surface area contributed by atoms with Gasteiger partial charge in [0.1, 0.15) is 5.69 Å². The van der Waals surface area contributed by atoms with Crippen molar-refractivity contribution in [1.29, 1.82) is 0 Å². The van der Waals surface area contributed by atoms with Crippen LogP contribution in [0.5, 0.6) is 0 Å². The number of fused-ring (bicyclic) bond motifs is 1. The summed E-state index contributed by atoms with van der Waals surface area (Å²) in [7, 11) is 0. The van der Waals surface area contributed by atoms with Crippen LogP contribution in [0.25, 0.3) is 21.5 Å². The highest BCUT2D eigenvalue weighted by molar-refractivity contribution is 7.19. The molecule has 200 valence electrons. The van der Waals surface area contributed by atoms with Crippen LogP contribution in [0.3, 0.4) is 0 Å². The minimum Gasteiger partial charge on any atom is -0.347 e. The number of rotatable bonds is 5. The molecule has 38 heavy (non-hydrogen) atoms. The van der Waals surface area contributed by atoms with Crippen LogP contribution >= 0.6 is 11.3 Å². The van der Waals surface area contributed by atoms with Crippen molar-refractivity contribution in [3.8, 4) is 11.3 Å². The highest BCUT2D eigenvalue weighted by Crippen LogP contribution is 2.41. The molecule has 0 aliphatic carbocycles. The number of aryl methyl sites for hydroxylation is 1. The zero-order valence-electron chi connectivity index (χ0n) is 21.2. The van der Waals surface area contributed by atoms with Gasteiger partial charge in [0.2, 0.25) is 11.8 Å². The van der Waals surface area contributed by atoms with E-state index in [1.54, 1.807) is 26.8 Å². The molecule has 12 heteroatoms. The van der Waals surface area contributed by atoms with Crippen LogP contribution in [0.2, 0.25) is 0 Å². The molecular weight excluding hydrogens is 519 g/mol. The van der Waals surface area contributed by atoms with Crippen LogP contribution in [-0.2, 0) is 22.3 Å². The number of hydrogen-bond donors (Lipinski definition) is 2. The van der Waals surface area contributed by atoms with E-state index in [1.807, 2.05) is 0 Å². The third-order valence-corrected chi connectivity index (χ3v) is 8.54. The van der Waals surface area contributed by atoms with Gasteiger partial charge in [-0.25, -0.2) is 4.98 Å². The van der Waals surface area contributed by atoms with E-state index in [9.17, 15) is 27.6 Å². The van der Waals surface area contributed by atoms with Crippen molar-refractivity contribution >= 4 is 39.3 Å². The van der Waals surface area contributed by atoms with Crippen LogP contribution in [0.4, 0.5) is 13.2 Å². The molecule has 0 bridgehead atoms. The van der Waals surface area contributed by atoms with E-state index in [0.29, 0.717) is 33.7 Å². The summed E-state index contributed by atoms with van der Waals surface area (Å²) in [6.07, 6.45) is -3.26. The number of carbonyl (C=O) groups excluding carboxylic acids is 3. The SMILES string of the molecule is Cc1cc(C(F)(F)F)nc(-c2ccnc3cc(CN4C(=O)C(C)C(C)(C)C4=O)sc23)c1C(=O)NC1CNC1. The van der Waals surface area contributed by atoms with Crippen LogP contribution in [0.1, 0.15) is 47.3 Å². The Labute approximate surface area is 220 Å². The molecule has 0 radical (unpaired) electrons. The fraction of sp³-hybridized carbons (Fsp3) is 0.423. The second-order valence-corrected chi connectivity index (χ2v) is 11.5. The number of halogens is 3. The monoisotopic (exact) mass is 545 g/mol. The van der Waals surface area contributed by atoms with Crippen molar-refractivity contribution in [3.63, 3.8) is 0 Å². The number of aromatic nitrogens is 2. The second kappa shape index (κ2) is 9.12. The number of nitrogens with one attached hydrogen (secondary N) is 2. The third kappa shape index (κ3) is 4.35. The molecule has 2 aliphatic heterocycles. The molecular formula is C26H26F3N5O3S. The molecule has 2 N–H and O–H groups in total. The number of imide groups is 1. The molecule has 8 nitrogen and oxygen atoms in total. The average molecular weight is 546 g/mol. The molecule has 2 saturated heterocycles. The molecule has 0 spiro atoms. The van der Waals surface area contributed by atoms with Gasteiger partial charge in [-0.05, 0) is 30.7 Å². The highest BCUT2D eigenvalue weighted by Gasteiger charge is 2.51. The first-order valence-corrected chi connectivity index (χ1v) is 12.9. The Balaban J connectivity index is 1.60. The number of thiophene rings is 1. The van der Waals surface area contributed by atoms with Crippen LogP contribution in [0, 0.1) is 18.3 Å². The lowest BCUT2D eigenvalue weighted by molar-refractivity contribution is -0.142. The molecule has 1 unspecified atom stereocenters. The van der Waals surface area contributed by atoms with E-state index in [2.05, 4.69) is 20.6 Å². The summed E-state index contributed by atoms with van der Waals surface area (Å²) in [6, 6.07) is 4.00. The Morgan fingerprint density at radius 1 is 1.26 bits per heavy atom. The summed E-state index contributed by atoms with van der Waals surface area (Å²) in [5, 5.41) is 5.89. The number of alkyl halides is 3. The minimum absolute atomic E-state index is 0.0307. The minimum atomic E-state index is -4.71. The molecule has 0 saturated carbocycles. The normalized spacial score (nSPS) is 19.8. The number of nitrogens with zero attached hydrogens (tertiary/aromatic N) is 3. The number of pyridine rings is 2. The Bertz CT molecular complexity index is 1480. The van der Waals surface area contributed by atoms with Crippen molar-refractivity contribution in [2.24, 2.45) is 11.3 Å². The average Bonchev–Trinajstić information content (AvgIpc) is 3.29. The summed E-state index contributed by atoms with van der Waals surface area (Å²) >= 11 is 1.21. The first-order chi connectivity index (χ1) is 17.8. The van der Waals surface area contributed by atoms with Crippen molar-refractivity contribution in [2.75, 3.05) is 13.1 Å². The Morgan fingerprint density at radius 2 is 1.97 bits per heavy atom. The maximum absolute atomic E-state index is 13.7. The van der Waals surface area contributed by atoms with Gasteiger partial charge >= 0.3 is 6.18 Å². The molecule has 0 aromatic carbocycles. The van der Waals surface area contributed by atoms with Gasteiger partial charge in [-0.15, -0.1) is 11.3 Å². The van der Waals surface area contributed by atoms with Gasteiger partial charge in [-0.1, -0.05) is 20.8 Å². The van der Waals surface area contributed by atoms with Crippen LogP contribution in [-0.4, -0.2) is 51.7 Å². The second-order valence-electron chi connectivity index (χ2n) is 10.3. The Kier molecular flexibility index (Phi) is 6.30. The van der Waals surface area contributed by atoms with E-state index < -0.39 is 29.1 Å². The van der Waals surface area contributed by atoms with Gasteiger partial charge in [0.25, 0.3) is 5.91 Å². The largest absolute Gasteiger partial charge is 0.433 e. The van der Waals surface area contributed by atoms with Gasteiger partial charge in [0.15, 0.2) is 0 Å². The molecule has 3 amide bonds. The standard InChI is InChI=1S/C26H26F3N5O3S/c1-12-7-18(26(27,28)29)33-20(19(12)22(35)32-14-9-30-10-14)16-5-6-31-17-8-15(38-21(16)17)11-34-23(36)13(2)25(3,4)24(34)37/h5-8,13-14,30H,9-11H2,1-4H3,(H,32,35). The molecule has 5 rings (SSSR count). The van der Waals surface area contributed by atoms with Crippen molar-refractivity contribution in [2.45, 2.75) is 46.5 Å². The van der Waals surface area contributed by atoms with E-state index in [4.69, 9.17) is 0 Å². The highest BCUT2D eigenvalue weighted by atomic mass is 32.1. The molecule has 3 aromatic rings. The maximum Gasteiger partial charge on any atom is 0.433 e. The van der Waals surface area contributed by atoms with Crippen molar-refractivity contribution < 1.29 is 27.6 Å². The quantitative estimate of drug-likeness (QED) is 0.471. The smallest absolute Gasteiger partial charge is 0.347 e. The predicted octanol–water partition coefficient (Wildman–Crippen LogP) is 3.92. The van der Waals surface area contributed by atoms with Gasteiger partial charge in [0, 0.05) is 35.6 Å². The summed E-state index contributed by atoms with van der Waals surface area (Å²) in [4.78, 5) is 49.0. The summed E-state index contributed by atoms with van der Waals surface area (Å²) in [6.45, 7) is 7.82. The van der Waals surface area contributed by atoms with Gasteiger partial charge in [-0.2, -0.15) is 13.2 Å². The van der Waals surface area contributed by atoms with Gasteiger partial charge in [-0.3, -0.25) is 24.3 Å². The van der Waals surface area contributed by atoms with E-state index >= 15 is 0 Å². The number of amides is 3. The molecule has 2 aliphatic rings. The summed E-state index contributed by atoms with van der Waals surface area (Å²) in [5.41, 5.74) is -1.00. The zero-order chi connectivity index (χ0) is 27.6. The summed E-state index contributed by atoms with van der Waals surface area (Å²) < 4.78 is 41.7. The molecule has 3 aromatic heterocycles. The lowest BCUT2D eigenvalue weighted by Gasteiger charge is -2.28. The Hall–Kier alpha value is -3.38. The zero-order valence-corrected chi connectivity index (χ0v) is 22.0. The first-order valence-electron chi connectivity index (χ1n) is 12.1. The first kappa shape index (κ1) is 26.2. The van der Waals surface area contributed by atoms with Gasteiger partial charge in [0.05, 0.1) is 39.5 Å². The molecule has 2 fully saturated rings. The third-order valence-electron chi connectivity index (χ3n) is 7.40. The topological polar surface area (TPSA) is 104 Å². The van der Waals surface area contributed by atoms with Crippen LogP contribution in [0.15, 0.2) is 24.4 Å². The number of hydrogen-bond acceptors (Lipinski definition) is 7. The fourth-order valence-corrected chi connectivity index (χ4v) is 5.80. The summed E-state index contributed by atoms with van der Waals surface area (Å²) in [5.74, 6) is -1.52. The predicted molar refractivity (Wildman–Crippen MR) is 135 cm³/mol. The number of likely N-dealkylation sites (tertiary alicyclic amines) is 1. The Morgan fingerprint density at radius 3 is 2.55 bits per heavy atom. The van der Waals surface area contributed by atoms with Crippen molar-refractivity contribution in [1.82, 2.24) is 25.5 Å². The van der Waals surface area contributed by atoms with Crippen molar-refractivity contribution in [3.05, 3.63) is 46.1 Å². The fourth-order valence-electron chi connectivity index (χ4n) is 4.68. The lowest BCUT2D eigenvalue weighted by Crippen LogP contribution is -2.57. The molecule has 1 atom stereocenters. The maximum atomic E-state index is 13.7.